The third-order valence-electron chi connectivity index (χ3n) is 6.27. The van der Waals surface area contributed by atoms with Crippen LogP contribution in [0.3, 0.4) is 0 Å². The summed E-state index contributed by atoms with van der Waals surface area (Å²) in [4.78, 5) is 19.1. The predicted octanol–water partition coefficient (Wildman–Crippen LogP) is 6.50. The van der Waals surface area contributed by atoms with Gasteiger partial charge in [0.05, 0.1) is 11.0 Å². The molecule has 0 saturated carbocycles. The Morgan fingerprint density at radius 3 is 2.37 bits per heavy atom. The van der Waals surface area contributed by atoms with Gasteiger partial charge in [-0.25, -0.2) is 0 Å². The van der Waals surface area contributed by atoms with Gasteiger partial charge in [0.25, 0.3) is 0 Å². The van der Waals surface area contributed by atoms with Gasteiger partial charge < -0.3 is 9.97 Å². The molecule has 0 spiro atoms. The Morgan fingerprint density at radius 1 is 0.686 bits per heavy atom. The second kappa shape index (κ2) is 8.72. The van der Waals surface area contributed by atoms with E-state index in [9.17, 15) is 0 Å². The van der Waals surface area contributed by atoms with Crippen molar-refractivity contribution in [3.63, 3.8) is 0 Å². The Morgan fingerprint density at radius 2 is 1.49 bits per heavy atom. The van der Waals surface area contributed by atoms with Crippen LogP contribution in [-0.2, 0) is 27.5 Å². The van der Waals surface area contributed by atoms with Gasteiger partial charge in [0, 0.05) is 28.0 Å². The molecule has 4 aromatic carbocycles. The zero-order valence-corrected chi connectivity index (χ0v) is 20.8. The van der Waals surface area contributed by atoms with Crippen LogP contribution in [0.15, 0.2) is 97.2 Å². The first-order chi connectivity index (χ1) is 16.8. The fourth-order valence-corrected chi connectivity index (χ4v) is 4.64. The van der Waals surface area contributed by atoms with Gasteiger partial charge in [-0.1, -0.05) is 60.7 Å². The van der Waals surface area contributed by atoms with Crippen molar-refractivity contribution >= 4 is 43.6 Å². The van der Waals surface area contributed by atoms with Crippen molar-refractivity contribution in [2.75, 3.05) is 0 Å². The molecule has 0 radical (unpaired) electrons. The standard InChI is InChI=1S/C30H18N4.Pt/c1-2-9-26-25(8-1)33-30(34-26)23-6-3-5-19(17-23)18-24-15-14-22-13-11-20-10-12-21-7-4-16-31-28(21)27(20)29(22)32-24;/h1-16H,18H2;/q-2;+2. The van der Waals surface area contributed by atoms with Gasteiger partial charge in [0.2, 0.25) is 0 Å². The van der Waals surface area contributed by atoms with E-state index in [4.69, 9.17) is 4.98 Å². The van der Waals surface area contributed by atoms with Crippen LogP contribution in [0.25, 0.3) is 55.0 Å². The van der Waals surface area contributed by atoms with Gasteiger partial charge in [-0.15, -0.1) is 35.7 Å². The maximum atomic E-state index is 5.09. The molecular formula is C30H18N4Pt. The predicted molar refractivity (Wildman–Crippen MR) is 137 cm³/mol. The molecule has 3 aromatic heterocycles. The molecule has 3 heterocycles. The Kier molecular flexibility index (Phi) is 5.39. The number of aromatic nitrogens is 4. The van der Waals surface area contributed by atoms with Gasteiger partial charge in [0.15, 0.2) is 0 Å². The number of imidazole rings is 1. The third-order valence-corrected chi connectivity index (χ3v) is 6.27. The molecule has 0 aliphatic heterocycles. The van der Waals surface area contributed by atoms with Crippen LogP contribution in [0, 0.1) is 6.07 Å². The van der Waals surface area contributed by atoms with Crippen molar-refractivity contribution in [2.24, 2.45) is 0 Å². The first-order valence-electron chi connectivity index (χ1n) is 11.3. The molecule has 35 heavy (non-hydrogen) atoms. The minimum Gasteiger partial charge on any atom is -0.483 e. The number of para-hydroxylation sites is 2. The first-order valence-corrected chi connectivity index (χ1v) is 11.3. The second-order valence-corrected chi connectivity index (χ2v) is 8.48. The molecule has 0 aliphatic rings. The number of pyridine rings is 2. The molecule has 4 nitrogen and oxygen atoms in total. The summed E-state index contributed by atoms with van der Waals surface area (Å²) in [5.74, 6) is 0.707. The van der Waals surface area contributed by atoms with Crippen molar-refractivity contribution in [1.82, 2.24) is 19.9 Å². The van der Waals surface area contributed by atoms with E-state index in [-0.39, 0.29) is 21.1 Å². The molecular weight excluding hydrogens is 611 g/mol. The average Bonchev–Trinajstić information content (AvgIpc) is 3.33. The van der Waals surface area contributed by atoms with E-state index in [1.807, 2.05) is 48.7 Å². The van der Waals surface area contributed by atoms with Crippen LogP contribution < -0.4 is 4.98 Å². The summed E-state index contributed by atoms with van der Waals surface area (Å²) in [5, 5.41) is 4.49. The zero-order chi connectivity index (χ0) is 22.5. The topological polar surface area (TPSA) is 52.8 Å². The minimum absolute atomic E-state index is 0. The van der Waals surface area contributed by atoms with Crippen LogP contribution in [0.2, 0.25) is 0 Å². The van der Waals surface area contributed by atoms with Crippen molar-refractivity contribution in [3.8, 4) is 11.4 Å². The molecule has 0 N–H and O–H groups in total. The average molecular weight is 630 g/mol. The van der Waals surface area contributed by atoms with E-state index in [0.29, 0.717) is 12.2 Å². The minimum atomic E-state index is 0. The summed E-state index contributed by atoms with van der Waals surface area (Å²) in [6.07, 6.45) is 2.53. The van der Waals surface area contributed by atoms with Crippen LogP contribution >= 0.6 is 0 Å². The van der Waals surface area contributed by atoms with Crippen LogP contribution in [0.1, 0.15) is 11.3 Å². The number of benzene rings is 4. The molecule has 0 saturated heterocycles. The SMILES string of the molecule is [Pt+2].[c-]1c(Cc2ccc3ccc4ccc5cccnc5c4c3n2)cccc1-c1nc2ccccc2[n-]1. The second-order valence-electron chi connectivity index (χ2n) is 8.48. The normalized spacial score (nSPS) is 11.3. The number of rotatable bonds is 3. The van der Waals surface area contributed by atoms with Crippen molar-refractivity contribution < 1.29 is 21.1 Å². The molecule has 7 aromatic rings. The number of hydrogen-bond acceptors (Lipinski definition) is 3. The van der Waals surface area contributed by atoms with Gasteiger partial charge in [-0.3, -0.25) is 9.97 Å². The van der Waals surface area contributed by atoms with E-state index in [2.05, 4.69) is 69.5 Å². The van der Waals surface area contributed by atoms with E-state index >= 15 is 0 Å². The Balaban J connectivity index is 0.00000229. The number of nitrogens with zero attached hydrogens (tertiary/aromatic N) is 4. The van der Waals surface area contributed by atoms with E-state index in [1.54, 1.807) is 0 Å². The van der Waals surface area contributed by atoms with Crippen LogP contribution in [0.5, 0.6) is 0 Å². The summed E-state index contributed by atoms with van der Waals surface area (Å²) in [5.41, 5.74) is 6.73. The number of fused-ring (bicyclic) bond motifs is 6. The Labute approximate surface area is 216 Å². The molecule has 5 heteroatoms. The van der Waals surface area contributed by atoms with Gasteiger partial charge in [-0.2, -0.15) is 5.56 Å². The summed E-state index contributed by atoms with van der Waals surface area (Å²) < 4.78 is 0. The van der Waals surface area contributed by atoms with Crippen LogP contribution in [-0.4, -0.2) is 15.0 Å². The Bertz CT molecular complexity index is 1820. The zero-order valence-electron chi connectivity index (χ0n) is 18.5. The van der Waals surface area contributed by atoms with E-state index < -0.39 is 0 Å². The van der Waals surface area contributed by atoms with Crippen molar-refractivity contribution in [1.29, 1.82) is 0 Å². The summed E-state index contributed by atoms with van der Waals surface area (Å²) in [7, 11) is 0. The Hall–Kier alpha value is -3.88. The van der Waals surface area contributed by atoms with Crippen LogP contribution in [0.4, 0.5) is 0 Å². The van der Waals surface area contributed by atoms with Crippen molar-refractivity contribution in [2.45, 2.75) is 6.42 Å². The monoisotopic (exact) mass is 629 g/mol. The molecule has 168 valence electrons. The molecule has 7 rings (SSSR count). The maximum Gasteiger partial charge on any atom is 2.00 e. The summed E-state index contributed by atoms with van der Waals surface area (Å²) in [6.45, 7) is 0. The van der Waals surface area contributed by atoms with Crippen molar-refractivity contribution in [3.05, 3.63) is 115 Å². The van der Waals surface area contributed by atoms with Gasteiger partial charge >= 0.3 is 21.1 Å². The molecule has 0 fully saturated rings. The van der Waals surface area contributed by atoms with E-state index in [0.717, 1.165) is 60.4 Å². The van der Waals surface area contributed by atoms with Gasteiger partial charge in [-0.05, 0) is 35.0 Å². The van der Waals surface area contributed by atoms with Gasteiger partial charge in [0.1, 0.15) is 0 Å². The molecule has 0 aliphatic carbocycles. The molecule has 0 amide bonds. The summed E-state index contributed by atoms with van der Waals surface area (Å²) in [6, 6.07) is 34.4. The molecule has 0 bridgehead atoms. The maximum absolute atomic E-state index is 5.09. The quantitative estimate of drug-likeness (QED) is 0.166. The third kappa shape index (κ3) is 3.80. The smallest absolute Gasteiger partial charge is 0.483 e. The summed E-state index contributed by atoms with van der Waals surface area (Å²) >= 11 is 0. The fourth-order valence-electron chi connectivity index (χ4n) is 4.64. The first kappa shape index (κ1) is 21.6. The fraction of sp³-hybridized carbons (Fsp3) is 0.0333. The number of hydrogen-bond donors (Lipinski definition) is 0. The largest absolute Gasteiger partial charge is 2.00 e. The molecule has 0 atom stereocenters. The molecule has 0 unspecified atom stereocenters. The van der Waals surface area contributed by atoms with E-state index in [1.165, 1.54) is 0 Å².